The van der Waals surface area contributed by atoms with Gasteiger partial charge < -0.3 is 0 Å². The molecule has 3 aliphatic rings. The molecule has 0 heteroatoms. The van der Waals surface area contributed by atoms with Crippen molar-refractivity contribution in [3.8, 4) is 0 Å². The lowest BCUT2D eigenvalue weighted by molar-refractivity contribution is 0.0220. The van der Waals surface area contributed by atoms with E-state index in [0.717, 1.165) is 11.8 Å². The molecule has 0 unspecified atom stereocenters. The third-order valence-electron chi connectivity index (χ3n) is 7.75. The highest BCUT2D eigenvalue weighted by molar-refractivity contribution is 5.16. The maximum atomic E-state index is 2.68. The second-order valence-electron chi connectivity index (χ2n) is 9.50. The second kappa shape index (κ2) is 4.62. The van der Waals surface area contributed by atoms with Crippen LogP contribution in [0.25, 0.3) is 0 Å². The molecule has 0 spiro atoms. The average molecular weight is 274 g/mol. The summed E-state index contributed by atoms with van der Waals surface area (Å²) in [7, 11) is 0. The lowest BCUT2D eigenvalue weighted by Crippen LogP contribution is -2.39. The standard InChI is InChI=1S/C20H34/c1-15-7-6-10-19(4)12-9-17-13-16(15)8-11-20(19,5)14-18(17,2)3/h8,15,17H,6-7,9-14H2,1-5H3/t15-,17+,19+,20-/m1/s1. The van der Waals surface area contributed by atoms with Gasteiger partial charge in [-0.15, -0.1) is 0 Å². The van der Waals surface area contributed by atoms with Crippen LogP contribution in [0.4, 0.5) is 0 Å². The summed E-state index contributed by atoms with van der Waals surface area (Å²) < 4.78 is 0. The SMILES string of the molecule is C[C@@H]1CCC[C@@]2(C)CC[C@H]3CC1=CC[C@]2(C)CC3(C)C. The van der Waals surface area contributed by atoms with Gasteiger partial charge in [0.05, 0.1) is 0 Å². The van der Waals surface area contributed by atoms with E-state index in [1.165, 1.54) is 51.4 Å². The second-order valence-corrected chi connectivity index (χ2v) is 9.50. The Labute approximate surface area is 126 Å². The van der Waals surface area contributed by atoms with E-state index < -0.39 is 0 Å². The first-order chi connectivity index (χ1) is 9.26. The molecule has 0 radical (unpaired) electrons. The highest BCUT2D eigenvalue weighted by Crippen LogP contribution is 2.62. The minimum absolute atomic E-state index is 0.515. The fourth-order valence-electron chi connectivity index (χ4n) is 5.78. The van der Waals surface area contributed by atoms with Crippen molar-refractivity contribution in [2.75, 3.05) is 0 Å². The Morgan fingerprint density at radius 1 is 1.00 bits per heavy atom. The van der Waals surface area contributed by atoms with Crippen LogP contribution in [0.1, 0.15) is 86.0 Å². The predicted octanol–water partition coefficient (Wildman–Crippen LogP) is 6.37. The van der Waals surface area contributed by atoms with Crippen LogP contribution in [-0.4, -0.2) is 0 Å². The van der Waals surface area contributed by atoms with Crippen molar-refractivity contribution in [2.24, 2.45) is 28.1 Å². The van der Waals surface area contributed by atoms with Gasteiger partial charge in [-0.25, -0.2) is 0 Å². The van der Waals surface area contributed by atoms with Gasteiger partial charge in [0.2, 0.25) is 0 Å². The lowest BCUT2D eigenvalue weighted by Gasteiger charge is -2.49. The summed E-state index contributed by atoms with van der Waals surface area (Å²) in [5, 5.41) is 0. The molecule has 0 nitrogen and oxygen atoms in total. The Morgan fingerprint density at radius 2 is 1.75 bits per heavy atom. The van der Waals surface area contributed by atoms with Crippen LogP contribution in [0.2, 0.25) is 0 Å². The molecular formula is C20H34. The molecule has 0 aromatic carbocycles. The number of hydrogen-bond acceptors (Lipinski definition) is 0. The number of hydrogen-bond donors (Lipinski definition) is 0. The van der Waals surface area contributed by atoms with Gasteiger partial charge in [-0.05, 0) is 73.0 Å². The van der Waals surface area contributed by atoms with E-state index in [0.29, 0.717) is 16.2 Å². The van der Waals surface area contributed by atoms with Gasteiger partial charge in [0.1, 0.15) is 0 Å². The van der Waals surface area contributed by atoms with E-state index in [-0.39, 0.29) is 0 Å². The Bertz CT molecular complexity index is 416. The van der Waals surface area contributed by atoms with E-state index >= 15 is 0 Å². The first-order valence-electron chi connectivity index (χ1n) is 8.95. The molecule has 1 fully saturated rings. The number of allylic oxidation sites excluding steroid dienone is 2. The van der Waals surface area contributed by atoms with Gasteiger partial charge >= 0.3 is 0 Å². The van der Waals surface area contributed by atoms with Crippen LogP contribution < -0.4 is 0 Å². The fraction of sp³-hybridized carbons (Fsp3) is 0.900. The third kappa shape index (κ3) is 2.18. The van der Waals surface area contributed by atoms with Crippen molar-refractivity contribution in [1.29, 1.82) is 0 Å². The monoisotopic (exact) mass is 274 g/mol. The topological polar surface area (TPSA) is 0 Å². The van der Waals surface area contributed by atoms with Crippen LogP contribution in [0.5, 0.6) is 0 Å². The van der Waals surface area contributed by atoms with Crippen molar-refractivity contribution >= 4 is 0 Å². The Balaban J connectivity index is 2.13. The lowest BCUT2D eigenvalue weighted by atomic mass is 9.56. The summed E-state index contributed by atoms with van der Waals surface area (Å²) in [5.74, 6) is 1.74. The first kappa shape index (κ1) is 14.7. The van der Waals surface area contributed by atoms with Crippen molar-refractivity contribution in [2.45, 2.75) is 86.0 Å². The molecule has 3 aliphatic carbocycles. The summed E-state index contributed by atoms with van der Waals surface area (Å²) in [4.78, 5) is 0. The van der Waals surface area contributed by atoms with Gasteiger partial charge in [0.25, 0.3) is 0 Å². The molecule has 4 atom stereocenters. The van der Waals surface area contributed by atoms with Crippen LogP contribution in [0.15, 0.2) is 11.6 Å². The smallest absolute Gasteiger partial charge is 0.0232 e. The molecular weight excluding hydrogens is 240 g/mol. The van der Waals surface area contributed by atoms with Crippen molar-refractivity contribution < 1.29 is 0 Å². The van der Waals surface area contributed by atoms with Crippen molar-refractivity contribution in [1.82, 2.24) is 0 Å². The Kier molecular flexibility index (Phi) is 3.39. The zero-order chi connectivity index (χ0) is 14.6. The van der Waals surface area contributed by atoms with E-state index in [2.05, 4.69) is 40.7 Å². The highest BCUT2D eigenvalue weighted by atomic mass is 14.6. The highest BCUT2D eigenvalue weighted by Gasteiger charge is 2.52. The number of rotatable bonds is 0. The normalized spacial score (nSPS) is 47.8. The summed E-state index contributed by atoms with van der Waals surface area (Å²) in [5.41, 5.74) is 3.41. The van der Waals surface area contributed by atoms with Gasteiger partial charge in [-0.2, -0.15) is 0 Å². The van der Waals surface area contributed by atoms with Gasteiger partial charge in [0.15, 0.2) is 0 Å². The largest absolute Gasteiger partial charge is 0.0845 e. The van der Waals surface area contributed by atoms with E-state index in [1.54, 1.807) is 5.57 Å². The Hall–Kier alpha value is -0.260. The zero-order valence-electron chi connectivity index (χ0n) is 14.4. The van der Waals surface area contributed by atoms with Crippen molar-refractivity contribution in [3.05, 3.63) is 11.6 Å². The minimum atomic E-state index is 0.515. The molecule has 3 rings (SSSR count). The molecule has 0 amide bonds. The molecule has 0 aromatic rings. The van der Waals surface area contributed by atoms with Crippen LogP contribution in [0, 0.1) is 28.1 Å². The molecule has 0 heterocycles. The first-order valence-corrected chi connectivity index (χ1v) is 8.95. The summed E-state index contributed by atoms with van der Waals surface area (Å²) >= 11 is 0. The molecule has 0 aliphatic heterocycles. The van der Waals surface area contributed by atoms with E-state index in [1.807, 2.05) is 0 Å². The molecule has 1 saturated carbocycles. The van der Waals surface area contributed by atoms with Crippen LogP contribution in [0.3, 0.4) is 0 Å². The molecule has 3 bridgehead atoms. The van der Waals surface area contributed by atoms with E-state index in [4.69, 9.17) is 0 Å². The summed E-state index contributed by atoms with van der Waals surface area (Å²) in [6.45, 7) is 12.9. The van der Waals surface area contributed by atoms with Crippen LogP contribution >= 0.6 is 0 Å². The maximum Gasteiger partial charge on any atom is -0.0232 e. The van der Waals surface area contributed by atoms with E-state index in [9.17, 15) is 0 Å². The fourth-order valence-corrected chi connectivity index (χ4v) is 5.78. The minimum Gasteiger partial charge on any atom is -0.0845 e. The van der Waals surface area contributed by atoms with Crippen LogP contribution in [-0.2, 0) is 0 Å². The predicted molar refractivity (Wildman–Crippen MR) is 87.7 cm³/mol. The molecule has 114 valence electrons. The van der Waals surface area contributed by atoms with Gasteiger partial charge in [-0.1, -0.05) is 52.7 Å². The molecule has 0 aromatic heterocycles. The van der Waals surface area contributed by atoms with Gasteiger partial charge in [0, 0.05) is 0 Å². The molecule has 20 heavy (non-hydrogen) atoms. The third-order valence-corrected chi connectivity index (χ3v) is 7.75. The summed E-state index contributed by atoms with van der Waals surface area (Å²) in [6.07, 6.45) is 14.1. The maximum absolute atomic E-state index is 2.68. The average Bonchev–Trinajstić information content (AvgIpc) is 2.38. The van der Waals surface area contributed by atoms with Gasteiger partial charge in [-0.3, -0.25) is 0 Å². The molecule has 0 N–H and O–H groups in total. The molecule has 0 saturated heterocycles. The summed E-state index contributed by atoms with van der Waals surface area (Å²) in [6, 6.07) is 0. The number of fused-ring (bicyclic) bond motifs is 3. The Morgan fingerprint density at radius 3 is 2.50 bits per heavy atom. The van der Waals surface area contributed by atoms with Crippen molar-refractivity contribution in [3.63, 3.8) is 0 Å². The zero-order valence-corrected chi connectivity index (χ0v) is 14.4. The quantitative estimate of drug-likeness (QED) is 0.450.